The number of hydrogen-bond donors (Lipinski definition) is 0. The zero-order valence-corrected chi connectivity index (χ0v) is 13.5. The summed E-state index contributed by atoms with van der Waals surface area (Å²) < 4.78 is 5.83. The SMILES string of the molecule is c1ccc(OCC2CCCN(c3cnc4ccccc4n3)C2)nc1. The minimum absolute atomic E-state index is 0.481. The van der Waals surface area contributed by atoms with E-state index in [-0.39, 0.29) is 0 Å². The van der Waals surface area contributed by atoms with E-state index < -0.39 is 0 Å². The van der Waals surface area contributed by atoms with Crippen molar-refractivity contribution in [3.8, 4) is 5.88 Å². The molecule has 3 aromatic rings. The summed E-state index contributed by atoms with van der Waals surface area (Å²) in [6.45, 7) is 2.65. The van der Waals surface area contributed by atoms with E-state index in [2.05, 4.69) is 14.9 Å². The summed E-state index contributed by atoms with van der Waals surface area (Å²) in [4.78, 5) is 15.8. The third-order valence-corrected chi connectivity index (χ3v) is 4.38. The quantitative estimate of drug-likeness (QED) is 0.738. The highest BCUT2D eigenvalue weighted by molar-refractivity contribution is 5.75. The second-order valence-corrected chi connectivity index (χ2v) is 6.15. The summed E-state index contributed by atoms with van der Waals surface area (Å²) >= 11 is 0. The molecule has 0 aliphatic carbocycles. The monoisotopic (exact) mass is 320 g/mol. The van der Waals surface area contributed by atoms with E-state index in [1.807, 2.05) is 48.7 Å². The largest absolute Gasteiger partial charge is 0.477 e. The minimum Gasteiger partial charge on any atom is -0.477 e. The van der Waals surface area contributed by atoms with Gasteiger partial charge in [0.25, 0.3) is 0 Å². The summed E-state index contributed by atoms with van der Waals surface area (Å²) in [5.74, 6) is 2.13. The number of hydrogen-bond acceptors (Lipinski definition) is 5. The molecule has 1 aliphatic rings. The number of aromatic nitrogens is 3. The van der Waals surface area contributed by atoms with Crippen molar-refractivity contribution < 1.29 is 4.74 Å². The van der Waals surface area contributed by atoms with Crippen LogP contribution in [0.5, 0.6) is 5.88 Å². The first-order chi connectivity index (χ1) is 11.9. The van der Waals surface area contributed by atoms with Gasteiger partial charge in [-0.15, -0.1) is 0 Å². The molecular formula is C19H20N4O. The normalized spacial score (nSPS) is 17.8. The van der Waals surface area contributed by atoms with Crippen LogP contribution in [-0.4, -0.2) is 34.6 Å². The Kier molecular flexibility index (Phi) is 4.23. The first-order valence-corrected chi connectivity index (χ1v) is 8.39. The van der Waals surface area contributed by atoms with Gasteiger partial charge >= 0.3 is 0 Å². The van der Waals surface area contributed by atoms with Crippen LogP contribution in [0.25, 0.3) is 11.0 Å². The van der Waals surface area contributed by atoms with Gasteiger partial charge in [0, 0.05) is 31.3 Å². The van der Waals surface area contributed by atoms with Crippen molar-refractivity contribution in [2.75, 3.05) is 24.6 Å². The average Bonchev–Trinajstić information content (AvgIpc) is 2.67. The van der Waals surface area contributed by atoms with E-state index in [0.717, 1.165) is 36.4 Å². The Balaban J connectivity index is 1.43. The highest BCUT2D eigenvalue weighted by Gasteiger charge is 2.22. The predicted molar refractivity (Wildman–Crippen MR) is 94.2 cm³/mol. The second-order valence-electron chi connectivity index (χ2n) is 6.15. The molecular weight excluding hydrogens is 300 g/mol. The third kappa shape index (κ3) is 3.30. The highest BCUT2D eigenvalue weighted by Crippen LogP contribution is 2.23. The van der Waals surface area contributed by atoms with E-state index in [9.17, 15) is 0 Å². The number of fused-ring (bicyclic) bond motifs is 1. The first kappa shape index (κ1) is 14.9. The van der Waals surface area contributed by atoms with Crippen LogP contribution < -0.4 is 9.64 Å². The topological polar surface area (TPSA) is 51.1 Å². The molecule has 2 aromatic heterocycles. The fourth-order valence-corrected chi connectivity index (χ4v) is 3.14. The lowest BCUT2D eigenvalue weighted by molar-refractivity contribution is 0.221. The lowest BCUT2D eigenvalue weighted by Crippen LogP contribution is -2.38. The molecule has 1 saturated heterocycles. The van der Waals surface area contributed by atoms with E-state index >= 15 is 0 Å². The molecule has 3 heterocycles. The van der Waals surface area contributed by atoms with Crippen molar-refractivity contribution in [3.05, 3.63) is 54.9 Å². The number of pyridine rings is 1. The van der Waals surface area contributed by atoms with E-state index in [1.54, 1.807) is 6.20 Å². The van der Waals surface area contributed by atoms with E-state index in [0.29, 0.717) is 18.4 Å². The number of para-hydroxylation sites is 2. The van der Waals surface area contributed by atoms with Crippen LogP contribution in [0, 0.1) is 5.92 Å². The lowest BCUT2D eigenvalue weighted by Gasteiger charge is -2.33. The second kappa shape index (κ2) is 6.83. The van der Waals surface area contributed by atoms with Crippen molar-refractivity contribution >= 4 is 16.9 Å². The Hall–Kier alpha value is -2.69. The van der Waals surface area contributed by atoms with Crippen molar-refractivity contribution in [2.45, 2.75) is 12.8 Å². The summed E-state index contributed by atoms with van der Waals surface area (Å²) in [6, 6.07) is 13.7. The van der Waals surface area contributed by atoms with Crippen LogP contribution in [0.4, 0.5) is 5.82 Å². The minimum atomic E-state index is 0.481. The number of rotatable bonds is 4. The van der Waals surface area contributed by atoms with Gasteiger partial charge in [0.05, 0.1) is 23.8 Å². The van der Waals surface area contributed by atoms with Gasteiger partial charge in [-0.3, -0.25) is 4.98 Å². The summed E-state index contributed by atoms with van der Waals surface area (Å²) in [7, 11) is 0. The predicted octanol–water partition coefficient (Wildman–Crippen LogP) is 3.32. The Morgan fingerprint density at radius 1 is 1.04 bits per heavy atom. The molecule has 1 fully saturated rings. The standard InChI is InChI=1S/C19H20N4O/c1-2-8-17-16(7-1)21-12-18(22-17)23-11-5-6-15(13-23)14-24-19-9-3-4-10-20-19/h1-4,7-10,12,15H,5-6,11,13-14H2. The van der Waals surface area contributed by atoms with Crippen LogP contribution in [0.2, 0.25) is 0 Å². The van der Waals surface area contributed by atoms with Crippen LogP contribution in [0.1, 0.15) is 12.8 Å². The smallest absolute Gasteiger partial charge is 0.213 e. The van der Waals surface area contributed by atoms with Crippen molar-refractivity contribution in [3.63, 3.8) is 0 Å². The van der Waals surface area contributed by atoms with Gasteiger partial charge in [-0.25, -0.2) is 9.97 Å². The Morgan fingerprint density at radius 2 is 1.92 bits per heavy atom. The Labute approximate surface area is 141 Å². The summed E-state index contributed by atoms with van der Waals surface area (Å²) in [5, 5.41) is 0. The van der Waals surface area contributed by atoms with Crippen molar-refractivity contribution in [1.29, 1.82) is 0 Å². The molecule has 0 bridgehead atoms. The number of piperidine rings is 1. The van der Waals surface area contributed by atoms with Gasteiger partial charge in [0.2, 0.25) is 5.88 Å². The molecule has 4 rings (SSSR count). The molecule has 5 heteroatoms. The maximum atomic E-state index is 5.83. The number of ether oxygens (including phenoxy) is 1. The zero-order chi connectivity index (χ0) is 16.2. The molecule has 1 aromatic carbocycles. The Bertz CT molecular complexity index is 809. The maximum Gasteiger partial charge on any atom is 0.213 e. The van der Waals surface area contributed by atoms with Gasteiger partial charge < -0.3 is 9.64 Å². The van der Waals surface area contributed by atoms with Crippen LogP contribution in [0.15, 0.2) is 54.9 Å². The molecule has 0 N–H and O–H groups in total. The molecule has 24 heavy (non-hydrogen) atoms. The van der Waals surface area contributed by atoms with Gasteiger partial charge in [0.1, 0.15) is 5.82 Å². The molecule has 5 nitrogen and oxygen atoms in total. The maximum absolute atomic E-state index is 5.83. The van der Waals surface area contributed by atoms with Crippen LogP contribution in [0.3, 0.4) is 0 Å². The summed E-state index contributed by atoms with van der Waals surface area (Å²) in [6.07, 6.45) is 5.95. The molecule has 1 aliphatic heterocycles. The van der Waals surface area contributed by atoms with Crippen LogP contribution >= 0.6 is 0 Å². The molecule has 122 valence electrons. The molecule has 0 radical (unpaired) electrons. The van der Waals surface area contributed by atoms with Gasteiger partial charge in [-0.1, -0.05) is 18.2 Å². The lowest BCUT2D eigenvalue weighted by atomic mass is 9.99. The molecule has 1 unspecified atom stereocenters. The third-order valence-electron chi connectivity index (χ3n) is 4.38. The fraction of sp³-hybridized carbons (Fsp3) is 0.316. The number of nitrogens with zero attached hydrogens (tertiary/aromatic N) is 4. The van der Waals surface area contributed by atoms with Crippen molar-refractivity contribution in [2.24, 2.45) is 5.92 Å². The first-order valence-electron chi connectivity index (χ1n) is 8.39. The Morgan fingerprint density at radius 3 is 2.79 bits per heavy atom. The summed E-state index contributed by atoms with van der Waals surface area (Å²) in [5.41, 5.74) is 1.88. The number of benzene rings is 1. The molecule has 0 spiro atoms. The van der Waals surface area contributed by atoms with Crippen LogP contribution in [-0.2, 0) is 0 Å². The van der Waals surface area contributed by atoms with E-state index in [4.69, 9.17) is 9.72 Å². The number of anilines is 1. The molecule has 0 amide bonds. The molecule has 1 atom stereocenters. The van der Waals surface area contributed by atoms with Gasteiger partial charge in [0.15, 0.2) is 0 Å². The van der Waals surface area contributed by atoms with Crippen molar-refractivity contribution in [1.82, 2.24) is 15.0 Å². The fourth-order valence-electron chi connectivity index (χ4n) is 3.14. The van der Waals surface area contributed by atoms with Gasteiger partial charge in [-0.05, 0) is 31.0 Å². The highest BCUT2D eigenvalue weighted by atomic mass is 16.5. The average molecular weight is 320 g/mol. The van der Waals surface area contributed by atoms with Gasteiger partial charge in [-0.2, -0.15) is 0 Å². The molecule has 0 saturated carbocycles. The zero-order valence-electron chi connectivity index (χ0n) is 13.5. The van der Waals surface area contributed by atoms with E-state index in [1.165, 1.54) is 6.42 Å².